The number of ketones is 1. The fourth-order valence-electron chi connectivity index (χ4n) is 2.16. The Morgan fingerprint density at radius 1 is 1.33 bits per heavy atom. The Hall–Kier alpha value is -1.18. The number of carbonyl (C=O) groups is 3. The van der Waals surface area contributed by atoms with Crippen molar-refractivity contribution in [3.8, 4) is 0 Å². The summed E-state index contributed by atoms with van der Waals surface area (Å²) < 4.78 is 6.08. The van der Waals surface area contributed by atoms with Crippen molar-refractivity contribution in [3.63, 3.8) is 0 Å². The third kappa shape index (κ3) is 3.93. The third-order valence-electron chi connectivity index (χ3n) is 2.81. The topological polar surface area (TPSA) is 101 Å². The third-order valence-corrected chi connectivity index (χ3v) is 2.81. The van der Waals surface area contributed by atoms with Gasteiger partial charge in [0.15, 0.2) is 5.78 Å². The van der Waals surface area contributed by atoms with E-state index in [-0.39, 0.29) is 59.7 Å². The zero-order valence-electron chi connectivity index (χ0n) is 12.6. The molecule has 21 heavy (non-hydrogen) atoms. The van der Waals surface area contributed by atoms with Crippen LogP contribution in [0.5, 0.6) is 0 Å². The number of fused-ring (bicyclic) bond motifs is 1. The summed E-state index contributed by atoms with van der Waals surface area (Å²) in [5, 5.41) is 15.1. The molecule has 0 unspecified atom stereocenters. The van der Waals surface area contributed by atoms with Crippen LogP contribution >= 0.6 is 0 Å². The van der Waals surface area contributed by atoms with Gasteiger partial charge in [0.25, 0.3) is 0 Å². The predicted molar refractivity (Wildman–Crippen MR) is 65.1 cm³/mol. The van der Waals surface area contributed by atoms with Gasteiger partial charge in [-0.2, -0.15) is 5.10 Å². The normalized spacial score (nSPS) is 13.6. The molecular weight excluding hydrogens is 287 g/mol. The van der Waals surface area contributed by atoms with E-state index in [1.807, 2.05) is 0 Å². The van der Waals surface area contributed by atoms with Gasteiger partial charge in [0.05, 0.1) is 11.7 Å². The zero-order chi connectivity index (χ0) is 15.1. The number of hydrogen-bond acceptors (Lipinski definition) is 6. The molecule has 0 aliphatic heterocycles. The average Bonchev–Trinajstić information content (AvgIpc) is 2.76. The molecular formula is C13H15N2NaO5. The summed E-state index contributed by atoms with van der Waals surface area (Å²) in [5.41, 5.74) is -0.423. The molecule has 1 aromatic rings. The minimum atomic E-state index is -1.45. The maximum absolute atomic E-state index is 11.7. The van der Waals surface area contributed by atoms with E-state index in [1.165, 1.54) is 0 Å². The van der Waals surface area contributed by atoms with Crippen LogP contribution < -0.4 is 34.7 Å². The molecule has 2 rings (SSSR count). The van der Waals surface area contributed by atoms with Gasteiger partial charge in [-0.25, -0.2) is 0 Å². The molecule has 1 aliphatic carbocycles. The number of rotatable bonds is 3. The molecule has 0 saturated heterocycles. The number of aromatic carboxylic acids is 1. The number of aromatic nitrogens is 2. The summed E-state index contributed by atoms with van der Waals surface area (Å²) in [6.45, 7) is 4.76. The molecule has 0 amide bonds. The molecule has 0 radical (unpaired) electrons. The fourth-order valence-corrected chi connectivity index (χ4v) is 2.16. The number of Topliss-reactive ketones (excluding diaryl/α,β-unsaturated/α-hetero) is 1. The Bertz CT molecular complexity index is 600. The van der Waals surface area contributed by atoms with E-state index >= 15 is 0 Å². The van der Waals surface area contributed by atoms with Gasteiger partial charge in [-0.15, -0.1) is 0 Å². The number of ether oxygens (including phenoxy) is 1. The summed E-state index contributed by atoms with van der Waals surface area (Å²) in [6.07, 6.45) is 0.553. The van der Waals surface area contributed by atoms with Crippen molar-refractivity contribution >= 4 is 17.7 Å². The van der Waals surface area contributed by atoms with Crippen molar-refractivity contribution in [2.75, 3.05) is 0 Å². The van der Waals surface area contributed by atoms with Crippen LogP contribution in [0, 0.1) is 0 Å². The van der Waals surface area contributed by atoms with E-state index in [4.69, 9.17) is 4.74 Å². The van der Waals surface area contributed by atoms with Crippen molar-refractivity contribution in [2.45, 2.75) is 45.8 Å². The maximum atomic E-state index is 11.7. The number of hydrogen-bond donors (Lipinski definition) is 0. The van der Waals surface area contributed by atoms with Crippen molar-refractivity contribution in [1.29, 1.82) is 0 Å². The Balaban J connectivity index is 0.00000220. The fraction of sp³-hybridized carbons (Fsp3) is 0.538. The Morgan fingerprint density at radius 2 is 1.95 bits per heavy atom. The van der Waals surface area contributed by atoms with Crippen LogP contribution in [0.2, 0.25) is 0 Å². The number of nitrogens with zero attached hydrogens (tertiary/aromatic N) is 2. The largest absolute Gasteiger partial charge is 1.00 e. The van der Waals surface area contributed by atoms with E-state index < -0.39 is 17.5 Å². The van der Waals surface area contributed by atoms with Gasteiger partial charge in [0, 0.05) is 12.0 Å². The first-order valence-corrected chi connectivity index (χ1v) is 6.25. The van der Waals surface area contributed by atoms with Crippen molar-refractivity contribution in [2.24, 2.45) is 0 Å². The molecule has 7 nitrogen and oxygen atoms in total. The second kappa shape index (κ2) is 6.29. The van der Waals surface area contributed by atoms with Crippen molar-refractivity contribution in [3.05, 3.63) is 17.0 Å². The van der Waals surface area contributed by atoms with Gasteiger partial charge in [0.2, 0.25) is 0 Å². The first kappa shape index (κ1) is 17.9. The quantitative estimate of drug-likeness (QED) is 0.429. The summed E-state index contributed by atoms with van der Waals surface area (Å²) in [5.74, 6) is -2.28. The minimum Gasteiger partial charge on any atom is -0.543 e. The molecule has 0 fully saturated rings. The Kier molecular flexibility index (Phi) is 5.35. The van der Waals surface area contributed by atoms with E-state index in [0.717, 1.165) is 4.68 Å². The van der Waals surface area contributed by atoms with E-state index in [9.17, 15) is 19.5 Å². The van der Waals surface area contributed by atoms with E-state index in [1.54, 1.807) is 20.8 Å². The molecule has 0 atom stereocenters. The molecule has 0 saturated carbocycles. The van der Waals surface area contributed by atoms with Crippen LogP contribution in [-0.4, -0.2) is 33.1 Å². The van der Waals surface area contributed by atoms with Gasteiger partial charge in [-0.3, -0.25) is 14.3 Å². The average molecular weight is 302 g/mol. The maximum Gasteiger partial charge on any atom is 1.00 e. The summed E-state index contributed by atoms with van der Waals surface area (Å²) in [4.78, 5) is 34.5. The summed E-state index contributed by atoms with van der Waals surface area (Å²) in [6, 6.07) is 0. The minimum absolute atomic E-state index is 0. The van der Waals surface area contributed by atoms with Gasteiger partial charge in [-0.1, -0.05) is 0 Å². The van der Waals surface area contributed by atoms with Crippen LogP contribution in [-0.2, 0) is 22.5 Å². The monoisotopic (exact) mass is 302 g/mol. The number of carbonyl (C=O) groups excluding carboxylic acids is 3. The molecule has 0 aromatic carbocycles. The van der Waals surface area contributed by atoms with Gasteiger partial charge < -0.3 is 14.6 Å². The van der Waals surface area contributed by atoms with Crippen LogP contribution in [0.15, 0.2) is 0 Å². The van der Waals surface area contributed by atoms with Crippen molar-refractivity contribution < 1.29 is 53.8 Å². The zero-order valence-corrected chi connectivity index (χ0v) is 14.6. The van der Waals surface area contributed by atoms with Gasteiger partial charge in [0.1, 0.15) is 17.8 Å². The molecule has 0 bridgehead atoms. The Labute approximate surface area is 143 Å². The standard InChI is InChI=1S/C13H16N2O5.Na/c1-13(2,3)20-9(17)6-15-11(12(18)19)7-4-5-8(16)10(7)14-15;/h4-6H2,1-3H3,(H,18,19);/q;+1/p-1. The molecule has 1 aromatic heterocycles. The van der Waals surface area contributed by atoms with Crippen LogP contribution in [0.25, 0.3) is 0 Å². The molecule has 1 aliphatic rings. The molecule has 1 heterocycles. The Morgan fingerprint density at radius 3 is 2.48 bits per heavy atom. The van der Waals surface area contributed by atoms with Crippen LogP contribution in [0.4, 0.5) is 0 Å². The van der Waals surface area contributed by atoms with Crippen LogP contribution in [0.1, 0.15) is 53.7 Å². The molecule has 0 spiro atoms. The number of esters is 1. The first-order chi connectivity index (χ1) is 9.19. The SMILES string of the molecule is CC(C)(C)OC(=O)Cn1nc2c(c1C(=O)[O-])CCC2=O.[Na+]. The van der Waals surface area contributed by atoms with Crippen LogP contribution in [0.3, 0.4) is 0 Å². The first-order valence-electron chi connectivity index (χ1n) is 6.25. The number of carboxylic acids is 1. The van der Waals surface area contributed by atoms with Gasteiger partial charge in [-0.05, 0) is 27.2 Å². The van der Waals surface area contributed by atoms with Crippen molar-refractivity contribution in [1.82, 2.24) is 9.78 Å². The molecule has 8 heteroatoms. The van der Waals surface area contributed by atoms with E-state index in [0.29, 0.717) is 12.0 Å². The van der Waals surface area contributed by atoms with Gasteiger partial charge >= 0.3 is 35.5 Å². The predicted octanol–water partition coefficient (Wildman–Crippen LogP) is -3.28. The van der Waals surface area contributed by atoms with E-state index in [2.05, 4.69) is 5.10 Å². The second-order valence-corrected chi connectivity index (χ2v) is 5.63. The smallest absolute Gasteiger partial charge is 0.543 e. The number of carboxylic acid groups (broad SMARTS) is 1. The second-order valence-electron chi connectivity index (χ2n) is 5.63. The summed E-state index contributed by atoms with van der Waals surface area (Å²) >= 11 is 0. The molecule has 108 valence electrons. The summed E-state index contributed by atoms with van der Waals surface area (Å²) in [7, 11) is 0. The molecule has 0 N–H and O–H groups in total.